The molecule has 0 bridgehead atoms. The first kappa shape index (κ1) is 37.6. The van der Waals surface area contributed by atoms with Crippen LogP contribution in [0.2, 0.25) is 0 Å². The molecule has 0 heterocycles. The second-order valence-corrected chi connectivity index (χ2v) is 12.8. The van der Waals surface area contributed by atoms with Crippen molar-refractivity contribution in [3.63, 3.8) is 0 Å². The van der Waals surface area contributed by atoms with Gasteiger partial charge < -0.3 is 16.0 Å². The van der Waals surface area contributed by atoms with Gasteiger partial charge in [-0.15, -0.1) is 0 Å². The molecule has 0 radical (unpaired) electrons. The molecule has 10 nitrogen and oxygen atoms in total. The van der Waals surface area contributed by atoms with Crippen molar-refractivity contribution in [2.45, 2.75) is 77.4 Å². The second kappa shape index (κ2) is 20.4. The van der Waals surface area contributed by atoms with Gasteiger partial charge >= 0.3 is 7.82 Å². The number of rotatable bonds is 21. The lowest BCUT2D eigenvalue weighted by atomic mass is 10.1. The molecule has 47 heavy (non-hydrogen) atoms. The van der Waals surface area contributed by atoms with Crippen molar-refractivity contribution in [3.8, 4) is 0 Å². The van der Waals surface area contributed by atoms with Gasteiger partial charge in [0.2, 0.25) is 17.7 Å². The summed E-state index contributed by atoms with van der Waals surface area (Å²) < 4.78 is 32.4. The fourth-order valence-electron chi connectivity index (χ4n) is 4.81. The van der Waals surface area contributed by atoms with Crippen molar-refractivity contribution in [3.05, 3.63) is 108 Å². The SMILES string of the molecule is CCCC(=O)N[C@@H](COP(=O)(OC[C@H](NC(=O)CCC)c1ccccc1)OC[C@H](NC(=O)CCC)c1ccccc1)c1ccccc1. The number of benzene rings is 3. The van der Waals surface area contributed by atoms with Crippen LogP contribution in [-0.2, 0) is 32.5 Å². The number of hydrogen-bond acceptors (Lipinski definition) is 7. The molecule has 0 aliphatic rings. The summed E-state index contributed by atoms with van der Waals surface area (Å²) >= 11 is 0. The molecule has 3 atom stereocenters. The molecule has 11 heteroatoms. The summed E-state index contributed by atoms with van der Waals surface area (Å²) in [5.74, 6) is -0.522. The highest BCUT2D eigenvalue weighted by Crippen LogP contribution is 2.51. The summed E-state index contributed by atoms with van der Waals surface area (Å²) in [6.45, 7) is 5.09. The fourth-order valence-corrected chi connectivity index (χ4v) is 6.03. The van der Waals surface area contributed by atoms with Gasteiger partial charge in [0.05, 0.1) is 37.9 Å². The molecule has 3 N–H and O–H groups in total. The Labute approximate surface area is 278 Å². The third kappa shape index (κ3) is 13.4. The minimum atomic E-state index is -4.37. The molecule has 0 aromatic heterocycles. The van der Waals surface area contributed by atoms with Crippen LogP contribution < -0.4 is 16.0 Å². The summed E-state index contributed by atoms with van der Waals surface area (Å²) in [5, 5.41) is 8.88. The van der Waals surface area contributed by atoms with E-state index in [2.05, 4.69) is 16.0 Å². The van der Waals surface area contributed by atoms with Crippen molar-refractivity contribution in [1.82, 2.24) is 16.0 Å². The molecule has 0 saturated carbocycles. The van der Waals surface area contributed by atoms with Crippen LogP contribution >= 0.6 is 7.82 Å². The molecule has 0 aliphatic carbocycles. The maximum absolute atomic E-state index is 14.5. The van der Waals surface area contributed by atoms with Crippen LogP contribution in [0.15, 0.2) is 91.0 Å². The number of phosphoric acid groups is 1. The quantitative estimate of drug-likeness (QED) is 0.103. The van der Waals surface area contributed by atoms with Crippen LogP contribution in [0.1, 0.15) is 94.1 Å². The molecule has 3 aromatic rings. The average molecular weight is 666 g/mol. The van der Waals surface area contributed by atoms with Crippen LogP contribution in [-0.4, -0.2) is 37.5 Å². The van der Waals surface area contributed by atoms with Crippen LogP contribution in [0.5, 0.6) is 0 Å². The van der Waals surface area contributed by atoms with E-state index in [-0.39, 0.29) is 37.5 Å². The number of nitrogens with one attached hydrogen (secondary N) is 3. The zero-order valence-corrected chi connectivity index (χ0v) is 28.5. The van der Waals surface area contributed by atoms with E-state index >= 15 is 0 Å². The molecule has 254 valence electrons. The smallest absolute Gasteiger partial charge is 0.347 e. The third-order valence-electron chi connectivity index (χ3n) is 7.24. The molecule has 3 rings (SSSR count). The minimum Gasteiger partial charge on any atom is -0.347 e. The van der Waals surface area contributed by atoms with Gasteiger partial charge in [-0.05, 0) is 36.0 Å². The summed E-state index contributed by atoms with van der Waals surface area (Å²) in [5.41, 5.74) is 2.27. The molecule has 3 aromatic carbocycles. The highest BCUT2D eigenvalue weighted by Gasteiger charge is 2.33. The third-order valence-corrected chi connectivity index (χ3v) is 8.64. The molecule has 0 unspecified atom stereocenters. The van der Waals surface area contributed by atoms with E-state index in [4.69, 9.17) is 13.6 Å². The van der Waals surface area contributed by atoms with Crippen molar-refractivity contribution in [1.29, 1.82) is 0 Å². The Morgan fingerprint density at radius 2 is 0.766 bits per heavy atom. The Bertz CT molecular complexity index is 1240. The number of carbonyl (C=O) groups excluding carboxylic acids is 3. The zero-order valence-electron chi connectivity index (χ0n) is 27.6. The van der Waals surface area contributed by atoms with Gasteiger partial charge in [-0.3, -0.25) is 28.0 Å². The number of phosphoric ester groups is 1. The Morgan fingerprint density at radius 1 is 0.511 bits per heavy atom. The summed E-state index contributed by atoms with van der Waals surface area (Å²) in [7, 11) is -4.37. The Morgan fingerprint density at radius 3 is 1.00 bits per heavy atom. The lowest BCUT2D eigenvalue weighted by Gasteiger charge is -2.27. The molecular weight excluding hydrogens is 617 g/mol. The van der Waals surface area contributed by atoms with Crippen molar-refractivity contribution < 1.29 is 32.5 Å². The molecule has 0 spiro atoms. The number of hydrogen-bond donors (Lipinski definition) is 3. The Hall–Kier alpha value is -3.82. The topological polar surface area (TPSA) is 132 Å². The molecular formula is C36H48N3O7P. The largest absolute Gasteiger partial charge is 0.475 e. The average Bonchev–Trinajstić information content (AvgIpc) is 3.08. The van der Waals surface area contributed by atoms with Gasteiger partial charge in [-0.1, -0.05) is 112 Å². The zero-order chi connectivity index (χ0) is 33.9. The van der Waals surface area contributed by atoms with Gasteiger partial charge in [0.1, 0.15) is 0 Å². The monoisotopic (exact) mass is 665 g/mol. The van der Waals surface area contributed by atoms with Crippen molar-refractivity contribution in [2.24, 2.45) is 0 Å². The van der Waals surface area contributed by atoms with Crippen molar-refractivity contribution >= 4 is 25.5 Å². The van der Waals surface area contributed by atoms with Gasteiger partial charge in [0.15, 0.2) is 0 Å². The minimum absolute atomic E-state index is 0.174. The Balaban J connectivity index is 1.89. The van der Waals surface area contributed by atoms with Gasteiger partial charge in [-0.25, -0.2) is 4.57 Å². The molecule has 0 fully saturated rings. The van der Waals surface area contributed by atoms with Crippen LogP contribution in [0.3, 0.4) is 0 Å². The second-order valence-electron chi connectivity index (χ2n) is 11.2. The highest BCUT2D eigenvalue weighted by atomic mass is 31.2. The van der Waals surface area contributed by atoms with E-state index in [9.17, 15) is 18.9 Å². The van der Waals surface area contributed by atoms with E-state index in [1.165, 1.54) is 0 Å². The van der Waals surface area contributed by atoms with Gasteiger partial charge in [-0.2, -0.15) is 0 Å². The lowest BCUT2D eigenvalue weighted by molar-refractivity contribution is -0.122. The van der Waals surface area contributed by atoms with E-state index in [0.29, 0.717) is 38.5 Å². The molecule has 0 aliphatic heterocycles. The fraction of sp³-hybridized carbons (Fsp3) is 0.417. The maximum Gasteiger partial charge on any atom is 0.475 e. The normalized spacial score (nSPS) is 13.3. The first-order chi connectivity index (χ1) is 22.8. The van der Waals surface area contributed by atoms with E-state index in [1.807, 2.05) is 112 Å². The summed E-state index contributed by atoms with van der Waals surface area (Å²) in [4.78, 5) is 37.9. The number of amides is 3. The maximum atomic E-state index is 14.5. The summed E-state index contributed by atoms with van der Waals surface area (Å²) in [6.07, 6.45) is 2.94. The lowest BCUT2D eigenvalue weighted by Crippen LogP contribution is -2.33. The van der Waals surface area contributed by atoms with Gasteiger partial charge in [0.25, 0.3) is 0 Å². The van der Waals surface area contributed by atoms with Crippen molar-refractivity contribution in [2.75, 3.05) is 19.8 Å². The van der Waals surface area contributed by atoms with Crippen LogP contribution in [0.4, 0.5) is 0 Å². The molecule has 0 saturated heterocycles. The highest BCUT2D eigenvalue weighted by molar-refractivity contribution is 7.48. The van der Waals surface area contributed by atoms with Crippen LogP contribution in [0, 0.1) is 0 Å². The molecule has 3 amide bonds. The predicted octanol–water partition coefficient (Wildman–Crippen LogP) is 7.12. The first-order valence-corrected chi connectivity index (χ1v) is 17.8. The van der Waals surface area contributed by atoms with E-state index < -0.39 is 25.9 Å². The van der Waals surface area contributed by atoms with E-state index in [1.54, 1.807) is 0 Å². The van der Waals surface area contributed by atoms with Crippen LogP contribution in [0.25, 0.3) is 0 Å². The summed E-state index contributed by atoms with van der Waals surface area (Å²) in [6, 6.07) is 25.8. The predicted molar refractivity (Wildman–Crippen MR) is 182 cm³/mol. The Kier molecular flexibility index (Phi) is 16.4. The van der Waals surface area contributed by atoms with E-state index in [0.717, 1.165) is 16.7 Å². The number of carbonyl (C=O) groups is 3. The van der Waals surface area contributed by atoms with Gasteiger partial charge in [0, 0.05) is 19.3 Å². The standard InChI is InChI=1S/C36H48N3O7P/c1-4-16-34(40)37-31(28-19-10-7-11-20-28)25-44-47(43,45-26-32(38-35(41)17-5-2)29-21-12-8-13-22-29)46-27-33(39-36(42)18-6-3)30-23-14-9-15-24-30/h7-15,19-24,31-33H,4-6,16-18,25-27H2,1-3H3,(H,37,40)(H,38,41)(H,39,42)/t31-,32-,33-/m0/s1. The first-order valence-electron chi connectivity index (χ1n) is 16.3.